The summed E-state index contributed by atoms with van der Waals surface area (Å²) in [5.74, 6) is 6.52. The van der Waals surface area contributed by atoms with Crippen molar-refractivity contribution in [3.8, 4) is 17.6 Å². The molecule has 98 valence electrons. The van der Waals surface area contributed by atoms with E-state index in [0.29, 0.717) is 17.7 Å². The molecule has 2 nitrogen and oxygen atoms in total. The summed E-state index contributed by atoms with van der Waals surface area (Å²) < 4.78 is 5.58. The third kappa shape index (κ3) is 4.60. The summed E-state index contributed by atoms with van der Waals surface area (Å²) in [6, 6.07) is 6.22. The van der Waals surface area contributed by atoms with Gasteiger partial charge in [-0.15, -0.1) is 11.8 Å². The topological polar surface area (TPSA) is 21.3 Å². The summed E-state index contributed by atoms with van der Waals surface area (Å²) in [6.45, 7) is 7.54. The van der Waals surface area contributed by atoms with E-state index in [1.807, 2.05) is 25.1 Å². The molecular weight excluding hydrogens is 246 g/mol. The van der Waals surface area contributed by atoms with Gasteiger partial charge in [0.1, 0.15) is 5.75 Å². The van der Waals surface area contributed by atoms with Crippen LogP contribution in [-0.2, 0) is 0 Å². The zero-order chi connectivity index (χ0) is 13.4. The SMILES string of the molecule is CC#CCCOc1ccc(C(C)NCC)cc1Cl. The monoisotopic (exact) mass is 265 g/mol. The third-order valence-corrected chi connectivity index (χ3v) is 2.92. The van der Waals surface area contributed by atoms with Crippen molar-refractivity contribution in [1.29, 1.82) is 0 Å². The highest BCUT2D eigenvalue weighted by Crippen LogP contribution is 2.27. The summed E-state index contributed by atoms with van der Waals surface area (Å²) in [7, 11) is 0. The molecule has 0 aromatic heterocycles. The normalized spacial score (nSPS) is 11.6. The molecule has 0 heterocycles. The number of ether oxygens (including phenoxy) is 1. The molecule has 0 bridgehead atoms. The van der Waals surface area contributed by atoms with Crippen LogP contribution in [0.25, 0.3) is 0 Å². The smallest absolute Gasteiger partial charge is 0.137 e. The minimum absolute atomic E-state index is 0.299. The van der Waals surface area contributed by atoms with E-state index in [1.165, 1.54) is 5.56 Å². The van der Waals surface area contributed by atoms with Gasteiger partial charge in [-0.2, -0.15) is 0 Å². The Morgan fingerprint density at radius 2 is 2.22 bits per heavy atom. The Bertz CT molecular complexity index is 434. The predicted molar refractivity (Wildman–Crippen MR) is 77.1 cm³/mol. The van der Waals surface area contributed by atoms with Gasteiger partial charge in [-0.25, -0.2) is 0 Å². The highest BCUT2D eigenvalue weighted by molar-refractivity contribution is 6.32. The Labute approximate surface area is 115 Å². The minimum Gasteiger partial charge on any atom is -0.491 e. The number of rotatable bonds is 6. The van der Waals surface area contributed by atoms with Gasteiger partial charge in [0.05, 0.1) is 11.6 Å². The van der Waals surface area contributed by atoms with Crippen molar-refractivity contribution >= 4 is 11.6 Å². The number of hydrogen-bond donors (Lipinski definition) is 1. The number of benzene rings is 1. The highest BCUT2D eigenvalue weighted by atomic mass is 35.5. The van der Waals surface area contributed by atoms with E-state index >= 15 is 0 Å². The van der Waals surface area contributed by atoms with E-state index in [9.17, 15) is 0 Å². The molecule has 1 rings (SSSR count). The van der Waals surface area contributed by atoms with Crippen LogP contribution in [0.2, 0.25) is 5.02 Å². The van der Waals surface area contributed by atoms with Crippen LogP contribution in [0.15, 0.2) is 18.2 Å². The van der Waals surface area contributed by atoms with E-state index in [0.717, 1.165) is 18.7 Å². The van der Waals surface area contributed by atoms with E-state index in [1.54, 1.807) is 0 Å². The molecule has 0 spiro atoms. The van der Waals surface area contributed by atoms with E-state index in [-0.39, 0.29) is 0 Å². The molecule has 3 heteroatoms. The summed E-state index contributed by atoms with van der Waals surface area (Å²) in [5.41, 5.74) is 1.17. The molecule has 1 aromatic carbocycles. The molecule has 1 aromatic rings. The maximum atomic E-state index is 6.20. The van der Waals surface area contributed by atoms with Crippen LogP contribution in [0, 0.1) is 11.8 Å². The number of hydrogen-bond acceptors (Lipinski definition) is 2. The van der Waals surface area contributed by atoms with Crippen LogP contribution < -0.4 is 10.1 Å². The fourth-order valence-electron chi connectivity index (χ4n) is 1.66. The Kier molecular flexibility index (Phi) is 6.64. The van der Waals surface area contributed by atoms with Crippen molar-refractivity contribution in [2.45, 2.75) is 33.2 Å². The van der Waals surface area contributed by atoms with Crippen LogP contribution in [0.1, 0.15) is 38.8 Å². The maximum Gasteiger partial charge on any atom is 0.137 e. The number of nitrogens with one attached hydrogen (secondary N) is 1. The van der Waals surface area contributed by atoms with E-state index < -0.39 is 0 Å². The second-order valence-corrected chi connectivity index (χ2v) is 4.40. The maximum absolute atomic E-state index is 6.20. The van der Waals surface area contributed by atoms with Crippen LogP contribution in [0.4, 0.5) is 0 Å². The van der Waals surface area contributed by atoms with Crippen molar-refractivity contribution in [2.75, 3.05) is 13.2 Å². The summed E-state index contributed by atoms with van der Waals surface area (Å²) >= 11 is 6.20. The first-order valence-electron chi connectivity index (χ1n) is 6.24. The van der Waals surface area contributed by atoms with Crippen molar-refractivity contribution in [2.24, 2.45) is 0 Å². The molecule has 0 aliphatic heterocycles. The third-order valence-electron chi connectivity index (χ3n) is 2.63. The van der Waals surface area contributed by atoms with Crippen molar-refractivity contribution in [3.63, 3.8) is 0 Å². The second kappa shape index (κ2) is 8.02. The molecule has 18 heavy (non-hydrogen) atoms. The molecule has 0 saturated heterocycles. The molecule has 1 N–H and O–H groups in total. The van der Waals surface area contributed by atoms with Gasteiger partial charge in [0.15, 0.2) is 0 Å². The van der Waals surface area contributed by atoms with Gasteiger partial charge in [-0.3, -0.25) is 0 Å². The van der Waals surface area contributed by atoms with Gasteiger partial charge in [-0.1, -0.05) is 24.6 Å². The van der Waals surface area contributed by atoms with Gasteiger partial charge in [0.2, 0.25) is 0 Å². The van der Waals surface area contributed by atoms with Crippen LogP contribution in [0.3, 0.4) is 0 Å². The van der Waals surface area contributed by atoms with Gasteiger partial charge in [0, 0.05) is 12.5 Å². The lowest BCUT2D eigenvalue weighted by Crippen LogP contribution is -2.17. The standard InChI is InChI=1S/C15H20ClNO/c1-4-6-7-10-18-15-9-8-13(11-14(15)16)12(3)17-5-2/h8-9,11-12,17H,5,7,10H2,1-3H3. The molecule has 1 unspecified atom stereocenters. The minimum atomic E-state index is 0.299. The molecule has 0 saturated carbocycles. The van der Waals surface area contributed by atoms with E-state index in [4.69, 9.17) is 16.3 Å². The van der Waals surface area contributed by atoms with Gasteiger partial charge >= 0.3 is 0 Å². The van der Waals surface area contributed by atoms with Crippen molar-refractivity contribution < 1.29 is 4.74 Å². The lowest BCUT2D eigenvalue weighted by Gasteiger charge is -2.14. The zero-order valence-corrected chi connectivity index (χ0v) is 12.0. The molecule has 0 amide bonds. The first-order chi connectivity index (χ1) is 8.69. The van der Waals surface area contributed by atoms with Crippen LogP contribution >= 0.6 is 11.6 Å². The number of halogens is 1. The first kappa shape index (κ1) is 14.9. The van der Waals surface area contributed by atoms with Gasteiger partial charge in [-0.05, 0) is 38.1 Å². The molecule has 0 fully saturated rings. The first-order valence-corrected chi connectivity index (χ1v) is 6.62. The van der Waals surface area contributed by atoms with Crippen molar-refractivity contribution in [3.05, 3.63) is 28.8 Å². The highest BCUT2D eigenvalue weighted by Gasteiger charge is 2.07. The summed E-state index contributed by atoms with van der Waals surface area (Å²) in [6.07, 6.45) is 0.725. The molecule has 1 atom stereocenters. The average molecular weight is 266 g/mol. The van der Waals surface area contributed by atoms with Crippen molar-refractivity contribution in [1.82, 2.24) is 5.32 Å². The molecule has 0 radical (unpaired) electrons. The van der Waals surface area contributed by atoms with Crippen LogP contribution in [-0.4, -0.2) is 13.2 Å². The quantitative estimate of drug-likeness (QED) is 0.624. The van der Waals surface area contributed by atoms with Gasteiger partial charge < -0.3 is 10.1 Å². The summed E-state index contributed by atoms with van der Waals surface area (Å²) in [5, 5.41) is 4.00. The lowest BCUT2D eigenvalue weighted by atomic mass is 10.1. The fraction of sp³-hybridized carbons (Fsp3) is 0.467. The van der Waals surface area contributed by atoms with E-state index in [2.05, 4.69) is 31.0 Å². The second-order valence-electron chi connectivity index (χ2n) is 3.99. The lowest BCUT2D eigenvalue weighted by molar-refractivity contribution is 0.327. The largest absolute Gasteiger partial charge is 0.491 e. The predicted octanol–water partition coefficient (Wildman–Crippen LogP) is 3.80. The average Bonchev–Trinajstić information content (AvgIpc) is 2.36. The Balaban J connectivity index is 2.63. The fourth-order valence-corrected chi connectivity index (χ4v) is 1.91. The van der Waals surface area contributed by atoms with Crippen LogP contribution in [0.5, 0.6) is 5.75 Å². The molecular formula is C15H20ClNO. The summed E-state index contributed by atoms with van der Waals surface area (Å²) in [4.78, 5) is 0. The molecule has 0 aliphatic rings. The Morgan fingerprint density at radius 1 is 1.44 bits per heavy atom. The Morgan fingerprint density at radius 3 is 2.83 bits per heavy atom. The molecule has 0 aliphatic carbocycles. The Hall–Kier alpha value is -1.17. The zero-order valence-electron chi connectivity index (χ0n) is 11.2. The van der Waals surface area contributed by atoms with Gasteiger partial charge in [0.25, 0.3) is 0 Å².